The Hall–Kier alpha value is -2.01. The normalized spacial score (nSPS) is 10.8. The first kappa shape index (κ1) is 12.0. The molecule has 0 atom stereocenters. The number of benzene rings is 1. The molecule has 2 aromatic heterocycles. The molecule has 0 saturated heterocycles. The summed E-state index contributed by atoms with van der Waals surface area (Å²) >= 11 is 1.69. The Bertz CT molecular complexity index is 658. The van der Waals surface area contributed by atoms with Crippen molar-refractivity contribution in [3.63, 3.8) is 0 Å². The molecule has 0 aliphatic rings. The van der Waals surface area contributed by atoms with E-state index in [1.165, 1.54) is 5.56 Å². The number of hydrogen-bond donors (Lipinski definition) is 1. The number of aromatic nitrogens is 4. The van der Waals surface area contributed by atoms with E-state index in [0.29, 0.717) is 0 Å². The molecule has 0 fully saturated rings. The third kappa shape index (κ3) is 2.71. The second-order valence-electron chi connectivity index (χ2n) is 4.29. The average Bonchev–Trinajstić information content (AvgIpc) is 3.08. The molecule has 19 heavy (non-hydrogen) atoms. The fourth-order valence-electron chi connectivity index (χ4n) is 1.88. The van der Waals surface area contributed by atoms with Gasteiger partial charge in [0.2, 0.25) is 0 Å². The minimum absolute atomic E-state index is 0.836. The van der Waals surface area contributed by atoms with Crippen LogP contribution in [-0.4, -0.2) is 19.7 Å². The van der Waals surface area contributed by atoms with Crippen molar-refractivity contribution in [2.24, 2.45) is 0 Å². The van der Waals surface area contributed by atoms with Gasteiger partial charge in [0.05, 0.1) is 0 Å². The standard InChI is InChI=1S/C14H14N4S/c1-11-3-2-4-13(9-11)18-8-7-15-14(18)19-10-12-5-6-16-17-12/h2-9H,10H2,1H3,(H,16,17). The molecule has 2 heterocycles. The topological polar surface area (TPSA) is 46.5 Å². The van der Waals surface area contributed by atoms with Crippen molar-refractivity contribution in [2.75, 3.05) is 0 Å². The predicted molar refractivity (Wildman–Crippen MR) is 76.4 cm³/mol. The van der Waals surface area contributed by atoms with E-state index < -0.39 is 0 Å². The molecule has 1 N–H and O–H groups in total. The van der Waals surface area contributed by atoms with E-state index in [2.05, 4.69) is 50.9 Å². The van der Waals surface area contributed by atoms with E-state index in [0.717, 1.165) is 22.3 Å². The Morgan fingerprint density at radius 2 is 2.21 bits per heavy atom. The van der Waals surface area contributed by atoms with Crippen molar-refractivity contribution in [3.8, 4) is 5.69 Å². The van der Waals surface area contributed by atoms with Crippen molar-refractivity contribution >= 4 is 11.8 Å². The highest BCUT2D eigenvalue weighted by Crippen LogP contribution is 2.23. The Labute approximate surface area is 115 Å². The van der Waals surface area contributed by atoms with Crippen LogP contribution in [0.1, 0.15) is 11.3 Å². The summed E-state index contributed by atoms with van der Waals surface area (Å²) < 4.78 is 2.11. The highest BCUT2D eigenvalue weighted by Gasteiger charge is 2.06. The summed E-state index contributed by atoms with van der Waals surface area (Å²) in [4.78, 5) is 4.41. The molecule has 96 valence electrons. The maximum absolute atomic E-state index is 4.41. The maximum atomic E-state index is 4.41. The molecular formula is C14H14N4S. The van der Waals surface area contributed by atoms with Crippen LogP contribution < -0.4 is 0 Å². The molecule has 0 aliphatic heterocycles. The molecule has 0 aliphatic carbocycles. The maximum Gasteiger partial charge on any atom is 0.172 e. The van der Waals surface area contributed by atoms with E-state index >= 15 is 0 Å². The largest absolute Gasteiger partial charge is 0.295 e. The molecule has 0 amide bonds. The molecule has 0 spiro atoms. The van der Waals surface area contributed by atoms with Crippen LogP contribution in [0.25, 0.3) is 5.69 Å². The number of imidazole rings is 1. The van der Waals surface area contributed by atoms with Crippen molar-refractivity contribution in [1.82, 2.24) is 19.7 Å². The molecule has 1 aromatic carbocycles. The van der Waals surface area contributed by atoms with Crippen LogP contribution in [0, 0.1) is 6.92 Å². The number of rotatable bonds is 4. The highest BCUT2D eigenvalue weighted by atomic mass is 32.2. The van der Waals surface area contributed by atoms with Gasteiger partial charge in [0.1, 0.15) is 0 Å². The minimum Gasteiger partial charge on any atom is -0.295 e. The quantitative estimate of drug-likeness (QED) is 0.741. The van der Waals surface area contributed by atoms with Gasteiger partial charge in [0.15, 0.2) is 5.16 Å². The number of nitrogens with zero attached hydrogens (tertiary/aromatic N) is 3. The first-order chi connectivity index (χ1) is 9.33. The fourth-order valence-corrected chi connectivity index (χ4v) is 2.76. The van der Waals surface area contributed by atoms with Gasteiger partial charge in [0.25, 0.3) is 0 Å². The molecule has 3 aromatic rings. The summed E-state index contributed by atoms with van der Waals surface area (Å²) in [5, 5.41) is 7.90. The first-order valence-corrected chi connectivity index (χ1v) is 7.03. The fraction of sp³-hybridized carbons (Fsp3) is 0.143. The van der Waals surface area contributed by atoms with Gasteiger partial charge in [0, 0.05) is 35.7 Å². The van der Waals surface area contributed by atoms with Crippen LogP contribution in [-0.2, 0) is 5.75 Å². The summed E-state index contributed by atoms with van der Waals surface area (Å²) in [6.45, 7) is 2.10. The van der Waals surface area contributed by atoms with E-state index in [4.69, 9.17) is 0 Å². The zero-order valence-electron chi connectivity index (χ0n) is 10.6. The number of H-pyrrole nitrogens is 1. The monoisotopic (exact) mass is 270 g/mol. The van der Waals surface area contributed by atoms with Crippen LogP contribution in [0.15, 0.2) is 54.1 Å². The molecule has 0 radical (unpaired) electrons. The SMILES string of the molecule is Cc1cccc(-n2ccnc2SCc2ccn[nH]2)c1. The molecule has 0 unspecified atom stereocenters. The molecule has 0 bridgehead atoms. The summed E-state index contributed by atoms with van der Waals surface area (Å²) in [7, 11) is 0. The zero-order chi connectivity index (χ0) is 13.1. The van der Waals surface area contributed by atoms with Gasteiger partial charge < -0.3 is 0 Å². The average molecular weight is 270 g/mol. The summed E-state index contributed by atoms with van der Waals surface area (Å²) in [5.41, 5.74) is 3.49. The van der Waals surface area contributed by atoms with Crippen molar-refractivity contribution in [1.29, 1.82) is 0 Å². The molecule has 3 rings (SSSR count). The van der Waals surface area contributed by atoms with Crippen LogP contribution in [0.4, 0.5) is 0 Å². The summed E-state index contributed by atoms with van der Waals surface area (Å²) in [5.74, 6) is 0.836. The first-order valence-electron chi connectivity index (χ1n) is 6.04. The van der Waals surface area contributed by atoms with Crippen LogP contribution in [0.5, 0.6) is 0 Å². The van der Waals surface area contributed by atoms with Crippen LogP contribution >= 0.6 is 11.8 Å². The number of thioether (sulfide) groups is 1. The lowest BCUT2D eigenvalue weighted by Gasteiger charge is -2.07. The zero-order valence-corrected chi connectivity index (χ0v) is 11.4. The second kappa shape index (κ2) is 5.32. The summed E-state index contributed by atoms with van der Waals surface area (Å²) in [6, 6.07) is 10.4. The number of hydrogen-bond acceptors (Lipinski definition) is 3. The van der Waals surface area contributed by atoms with Gasteiger partial charge >= 0.3 is 0 Å². The Kier molecular flexibility index (Phi) is 3.37. The second-order valence-corrected chi connectivity index (χ2v) is 5.23. The van der Waals surface area contributed by atoms with E-state index in [-0.39, 0.29) is 0 Å². The molecule has 0 saturated carbocycles. The third-order valence-corrected chi connectivity index (χ3v) is 3.82. The number of aromatic amines is 1. The van der Waals surface area contributed by atoms with E-state index in [1.54, 1.807) is 18.0 Å². The lowest BCUT2D eigenvalue weighted by Crippen LogP contribution is -1.95. The Morgan fingerprint density at radius 3 is 3.00 bits per heavy atom. The number of nitrogens with one attached hydrogen (secondary N) is 1. The molecule has 5 heteroatoms. The van der Waals surface area contributed by atoms with Crippen molar-refractivity contribution in [2.45, 2.75) is 17.8 Å². The minimum atomic E-state index is 0.836. The van der Waals surface area contributed by atoms with Gasteiger partial charge in [-0.25, -0.2) is 4.98 Å². The predicted octanol–water partition coefficient (Wildman–Crippen LogP) is 3.20. The van der Waals surface area contributed by atoms with E-state index in [1.807, 2.05) is 18.5 Å². The highest BCUT2D eigenvalue weighted by molar-refractivity contribution is 7.98. The van der Waals surface area contributed by atoms with Gasteiger partial charge in [-0.15, -0.1) is 0 Å². The Balaban J connectivity index is 1.82. The third-order valence-electron chi connectivity index (χ3n) is 2.80. The van der Waals surface area contributed by atoms with Crippen molar-refractivity contribution in [3.05, 3.63) is 60.2 Å². The van der Waals surface area contributed by atoms with Crippen molar-refractivity contribution < 1.29 is 0 Å². The van der Waals surface area contributed by atoms with Crippen LogP contribution in [0.3, 0.4) is 0 Å². The number of aryl methyl sites for hydroxylation is 1. The van der Waals surface area contributed by atoms with Gasteiger partial charge in [-0.3, -0.25) is 9.67 Å². The van der Waals surface area contributed by atoms with Crippen LogP contribution in [0.2, 0.25) is 0 Å². The van der Waals surface area contributed by atoms with Gasteiger partial charge in [-0.05, 0) is 30.7 Å². The smallest absolute Gasteiger partial charge is 0.172 e. The van der Waals surface area contributed by atoms with Gasteiger partial charge in [-0.2, -0.15) is 5.10 Å². The molecule has 4 nitrogen and oxygen atoms in total. The van der Waals surface area contributed by atoms with Gasteiger partial charge in [-0.1, -0.05) is 23.9 Å². The van der Waals surface area contributed by atoms with E-state index in [9.17, 15) is 0 Å². The molecular weight excluding hydrogens is 256 g/mol. The lowest BCUT2D eigenvalue weighted by molar-refractivity contribution is 0.892. The Morgan fingerprint density at radius 1 is 1.26 bits per heavy atom. The lowest BCUT2D eigenvalue weighted by atomic mass is 10.2. The summed E-state index contributed by atoms with van der Waals surface area (Å²) in [6.07, 6.45) is 5.59.